The van der Waals surface area contributed by atoms with Gasteiger partial charge in [-0.15, -0.1) is 0 Å². The van der Waals surface area contributed by atoms with Crippen LogP contribution >= 0.6 is 0 Å². The molecule has 0 fully saturated rings. The van der Waals surface area contributed by atoms with Crippen LogP contribution in [0.15, 0.2) is 0 Å². The zero-order valence-corrected chi connectivity index (χ0v) is 6.33. The Morgan fingerprint density at radius 1 is 1.50 bits per heavy atom. The van der Waals surface area contributed by atoms with Gasteiger partial charge < -0.3 is 15.4 Å². The third-order valence-electron chi connectivity index (χ3n) is 1.43. The van der Waals surface area contributed by atoms with Gasteiger partial charge in [-0.05, 0) is 20.3 Å². The molecule has 0 aliphatic heterocycles. The van der Waals surface area contributed by atoms with Crippen molar-refractivity contribution in [3.63, 3.8) is 0 Å². The monoisotopic (exact) mass is 149 g/mol. The van der Waals surface area contributed by atoms with Crippen molar-refractivity contribution in [2.75, 3.05) is 6.61 Å². The normalized spacial score (nSPS) is 15.3. The van der Waals surface area contributed by atoms with Gasteiger partial charge in [0.05, 0.1) is 11.6 Å². The number of hydrogen-bond donors (Lipinski definition) is 4. The van der Waals surface area contributed by atoms with Crippen LogP contribution in [0.1, 0.15) is 20.3 Å². The molecule has 0 amide bonds. The van der Waals surface area contributed by atoms with Crippen molar-refractivity contribution in [1.29, 1.82) is 0 Å². The Balaban J connectivity index is 3.81. The highest BCUT2D eigenvalue weighted by Crippen LogP contribution is 2.10. The zero-order valence-electron chi connectivity index (χ0n) is 6.33. The van der Waals surface area contributed by atoms with Crippen LogP contribution in [0.25, 0.3) is 0 Å². The zero-order chi connectivity index (χ0) is 8.20. The van der Waals surface area contributed by atoms with Crippen molar-refractivity contribution in [3.05, 3.63) is 0 Å². The van der Waals surface area contributed by atoms with Crippen molar-refractivity contribution in [1.82, 2.24) is 5.48 Å². The maximum atomic E-state index is 9.27. The average molecular weight is 149 g/mol. The van der Waals surface area contributed by atoms with Crippen LogP contribution in [-0.2, 0) is 0 Å². The predicted octanol–water partition coefficient (Wildman–Crippen LogP) is -0.513. The molecule has 0 bridgehead atoms. The number of aliphatic hydroxyl groups is 2. The Morgan fingerprint density at radius 2 is 2.00 bits per heavy atom. The molecule has 0 aromatic carbocycles. The number of rotatable bonds is 4. The standard InChI is InChI=1S/C6H15NO3/c1-6(2,9)5(7-10)3-4-8/h5,7-10H,3-4H2,1-2H3. The molecule has 0 aliphatic carbocycles. The van der Waals surface area contributed by atoms with Gasteiger partial charge in [0.25, 0.3) is 0 Å². The van der Waals surface area contributed by atoms with Gasteiger partial charge in [0.1, 0.15) is 0 Å². The fraction of sp³-hybridized carbons (Fsp3) is 1.00. The van der Waals surface area contributed by atoms with E-state index in [4.69, 9.17) is 10.3 Å². The minimum absolute atomic E-state index is 0.0534. The van der Waals surface area contributed by atoms with Crippen molar-refractivity contribution in [3.8, 4) is 0 Å². The maximum Gasteiger partial charge on any atom is 0.0767 e. The molecule has 0 saturated carbocycles. The highest BCUT2D eigenvalue weighted by Gasteiger charge is 2.25. The van der Waals surface area contributed by atoms with E-state index >= 15 is 0 Å². The second kappa shape index (κ2) is 3.88. The Kier molecular flexibility index (Phi) is 3.81. The van der Waals surface area contributed by atoms with E-state index in [0.29, 0.717) is 6.42 Å². The van der Waals surface area contributed by atoms with Gasteiger partial charge in [0.2, 0.25) is 0 Å². The molecule has 1 atom stereocenters. The van der Waals surface area contributed by atoms with Gasteiger partial charge in [-0.1, -0.05) is 0 Å². The van der Waals surface area contributed by atoms with E-state index in [-0.39, 0.29) is 6.61 Å². The van der Waals surface area contributed by atoms with Gasteiger partial charge in [0.15, 0.2) is 0 Å². The van der Waals surface area contributed by atoms with Gasteiger partial charge in [-0.2, -0.15) is 5.48 Å². The largest absolute Gasteiger partial charge is 0.396 e. The summed E-state index contributed by atoms with van der Waals surface area (Å²) in [5.74, 6) is 0. The third kappa shape index (κ3) is 3.12. The minimum atomic E-state index is -1.00. The first-order valence-electron chi connectivity index (χ1n) is 3.25. The molecule has 10 heavy (non-hydrogen) atoms. The SMILES string of the molecule is CC(C)(O)C(CCO)NO. The summed E-state index contributed by atoms with van der Waals surface area (Å²) in [5.41, 5.74) is 0.930. The van der Waals surface area contributed by atoms with Gasteiger partial charge >= 0.3 is 0 Å². The highest BCUT2D eigenvalue weighted by atomic mass is 16.5. The first kappa shape index (κ1) is 9.84. The van der Waals surface area contributed by atoms with Crippen molar-refractivity contribution >= 4 is 0 Å². The first-order valence-corrected chi connectivity index (χ1v) is 3.25. The summed E-state index contributed by atoms with van der Waals surface area (Å²) in [4.78, 5) is 0. The van der Waals surface area contributed by atoms with Crippen molar-refractivity contribution in [2.24, 2.45) is 0 Å². The van der Waals surface area contributed by atoms with Crippen LogP contribution in [0, 0.1) is 0 Å². The predicted molar refractivity (Wildman–Crippen MR) is 36.7 cm³/mol. The van der Waals surface area contributed by atoms with E-state index < -0.39 is 11.6 Å². The summed E-state index contributed by atoms with van der Waals surface area (Å²) >= 11 is 0. The van der Waals surface area contributed by atoms with Crippen LogP contribution in [0.5, 0.6) is 0 Å². The average Bonchev–Trinajstić information content (AvgIpc) is 1.80. The molecular formula is C6H15NO3. The summed E-state index contributed by atoms with van der Waals surface area (Å²) in [6.45, 7) is 3.08. The van der Waals surface area contributed by atoms with Gasteiger partial charge in [-0.25, -0.2) is 0 Å². The van der Waals surface area contributed by atoms with E-state index in [9.17, 15) is 5.11 Å². The van der Waals surface area contributed by atoms with Crippen LogP contribution < -0.4 is 5.48 Å². The van der Waals surface area contributed by atoms with E-state index in [1.807, 2.05) is 5.48 Å². The maximum absolute atomic E-state index is 9.27. The Labute approximate surface area is 60.5 Å². The Bertz CT molecular complexity index is 89.5. The highest BCUT2D eigenvalue weighted by molar-refractivity contribution is 4.80. The van der Waals surface area contributed by atoms with Crippen molar-refractivity contribution < 1.29 is 15.4 Å². The molecule has 4 N–H and O–H groups in total. The third-order valence-corrected chi connectivity index (χ3v) is 1.43. The van der Waals surface area contributed by atoms with Crippen molar-refractivity contribution in [2.45, 2.75) is 31.9 Å². The quantitative estimate of drug-likeness (QED) is 0.406. The molecule has 0 saturated heterocycles. The van der Waals surface area contributed by atoms with Crippen LogP contribution in [-0.4, -0.2) is 33.7 Å². The fourth-order valence-corrected chi connectivity index (χ4v) is 0.705. The van der Waals surface area contributed by atoms with E-state index in [2.05, 4.69) is 0 Å². The molecule has 0 spiro atoms. The summed E-state index contributed by atoms with van der Waals surface area (Å²) in [6, 6.07) is -0.475. The summed E-state index contributed by atoms with van der Waals surface area (Å²) in [5, 5.41) is 26.2. The molecule has 62 valence electrons. The molecule has 0 radical (unpaired) electrons. The van der Waals surface area contributed by atoms with E-state index in [1.54, 1.807) is 13.8 Å². The van der Waals surface area contributed by atoms with Gasteiger partial charge in [-0.3, -0.25) is 0 Å². The molecule has 0 heterocycles. The number of hydroxylamine groups is 1. The lowest BCUT2D eigenvalue weighted by Gasteiger charge is -2.26. The lowest BCUT2D eigenvalue weighted by molar-refractivity contribution is -0.0264. The number of nitrogens with one attached hydrogen (secondary N) is 1. The van der Waals surface area contributed by atoms with Crippen LogP contribution in [0.3, 0.4) is 0 Å². The molecule has 0 aliphatic rings. The van der Waals surface area contributed by atoms with Crippen LogP contribution in [0.2, 0.25) is 0 Å². The molecule has 4 nitrogen and oxygen atoms in total. The van der Waals surface area contributed by atoms with Gasteiger partial charge in [0, 0.05) is 6.61 Å². The Morgan fingerprint density at radius 3 is 2.10 bits per heavy atom. The topological polar surface area (TPSA) is 72.7 Å². The number of aliphatic hydroxyl groups excluding tert-OH is 1. The second-order valence-electron chi connectivity index (χ2n) is 2.85. The molecule has 0 rings (SSSR count). The van der Waals surface area contributed by atoms with Crippen LogP contribution in [0.4, 0.5) is 0 Å². The minimum Gasteiger partial charge on any atom is -0.396 e. The molecule has 0 aromatic heterocycles. The lowest BCUT2D eigenvalue weighted by Crippen LogP contribution is -2.45. The molecule has 0 aromatic rings. The Hall–Kier alpha value is -0.160. The molecule has 1 unspecified atom stereocenters. The summed E-state index contributed by atoms with van der Waals surface area (Å²) < 4.78 is 0. The van der Waals surface area contributed by atoms with E-state index in [0.717, 1.165) is 0 Å². The summed E-state index contributed by atoms with van der Waals surface area (Å²) in [7, 11) is 0. The summed E-state index contributed by atoms with van der Waals surface area (Å²) in [6.07, 6.45) is 0.333. The molecule has 4 heteroatoms. The second-order valence-corrected chi connectivity index (χ2v) is 2.85. The smallest absolute Gasteiger partial charge is 0.0767 e. The van der Waals surface area contributed by atoms with E-state index in [1.165, 1.54) is 0 Å². The molecular weight excluding hydrogens is 134 g/mol. The fourth-order valence-electron chi connectivity index (χ4n) is 0.705. The first-order chi connectivity index (χ1) is 4.52. The number of hydrogen-bond acceptors (Lipinski definition) is 4. The lowest BCUT2D eigenvalue weighted by atomic mass is 9.97.